The molecule has 0 amide bonds. The molecule has 2 unspecified atom stereocenters. The lowest BCUT2D eigenvalue weighted by Gasteiger charge is -2.30. The van der Waals surface area contributed by atoms with E-state index in [1.54, 1.807) is 6.20 Å². The standard InChI is InChI=1S/C18H22N2OS/c1-18(2,3)17(22)20-15(14-11-7-8-12-19-14)16(21)13-9-5-4-6-10-13/h4-12,15-16,21H,1-3H3,(H,20,22). The molecule has 22 heavy (non-hydrogen) atoms. The van der Waals surface area contributed by atoms with Crippen LogP contribution in [-0.2, 0) is 0 Å². The highest BCUT2D eigenvalue weighted by Crippen LogP contribution is 2.29. The van der Waals surface area contributed by atoms with Crippen LogP contribution >= 0.6 is 12.2 Å². The molecule has 0 fully saturated rings. The maximum Gasteiger partial charge on any atom is 0.105 e. The van der Waals surface area contributed by atoms with Gasteiger partial charge in [-0.25, -0.2) is 0 Å². The van der Waals surface area contributed by atoms with Crippen LogP contribution in [0.3, 0.4) is 0 Å². The predicted octanol–water partition coefficient (Wildman–Crippen LogP) is 3.82. The van der Waals surface area contributed by atoms with Gasteiger partial charge in [0.1, 0.15) is 6.10 Å². The largest absolute Gasteiger partial charge is 0.386 e. The van der Waals surface area contributed by atoms with Crippen LogP contribution in [0.2, 0.25) is 0 Å². The second kappa shape index (κ2) is 6.99. The molecule has 0 saturated heterocycles. The average molecular weight is 314 g/mol. The number of thiocarbonyl (C=S) groups is 1. The van der Waals surface area contributed by atoms with Crippen molar-refractivity contribution in [2.24, 2.45) is 5.41 Å². The quantitative estimate of drug-likeness (QED) is 0.842. The second-order valence-corrected chi connectivity index (χ2v) is 6.72. The Kier molecular flexibility index (Phi) is 5.27. The SMILES string of the molecule is CC(C)(C)C(=S)NC(c1ccccn1)C(O)c1ccccc1. The zero-order valence-corrected chi connectivity index (χ0v) is 14.0. The van der Waals surface area contributed by atoms with Gasteiger partial charge in [-0.15, -0.1) is 0 Å². The number of benzene rings is 1. The van der Waals surface area contributed by atoms with Crippen LogP contribution in [0.15, 0.2) is 54.7 Å². The van der Waals surface area contributed by atoms with Gasteiger partial charge in [-0.1, -0.05) is 69.4 Å². The third-order valence-electron chi connectivity index (χ3n) is 3.43. The van der Waals surface area contributed by atoms with E-state index in [9.17, 15) is 5.11 Å². The van der Waals surface area contributed by atoms with Crippen molar-refractivity contribution in [3.05, 3.63) is 66.0 Å². The Bertz CT molecular complexity index is 608. The fourth-order valence-corrected chi connectivity index (χ4v) is 2.20. The van der Waals surface area contributed by atoms with Crippen molar-refractivity contribution in [1.82, 2.24) is 10.3 Å². The van der Waals surface area contributed by atoms with Crippen molar-refractivity contribution in [1.29, 1.82) is 0 Å². The third-order valence-corrected chi connectivity index (χ3v) is 4.16. The summed E-state index contributed by atoms with van der Waals surface area (Å²) in [6.45, 7) is 6.14. The Balaban J connectivity index is 2.32. The molecule has 0 spiro atoms. The first kappa shape index (κ1) is 16.6. The molecule has 2 rings (SSSR count). The molecule has 2 atom stereocenters. The number of aromatic nitrogens is 1. The molecule has 0 radical (unpaired) electrons. The minimum absolute atomic E-state index is 0.168. The normalized spacial score (nSPS) is 14.2. The first-order valence-electron chi connectivity index (χ1n) is 7.34. The molecule has 0 aliphatic carbocycles. The van der Waals surface area contributed by atoms with E-state index < -0.39 is 6.10 Å². The molecular formula is C18H22N2OS. The van der Waals surface area contributed by atoms with Crippen molar-refractivity contribution in [2.75, 3.05) is 0 Å². The summed E-state index contributed by atoms with van der Waals surface area (Å²) in [5, 5.41) is 14.1. The van der Waals surface area contributed by atoms with Gasteiger partial charge in [0.2, 0.25) is 0 Å². The molecule has 0 aliphatic heterocycles. The Morgan fingerprint density at radius 3 is 2.27 bits per heavy atom. The van der Waals surface area contributed by atoms with E-state index >= 15 is 0 Å². The van der Waals surface area contributed by atoms with Crippen LogP contribution in [0.1, 0.15) is 44.2 Å². The molecule has 1 aromatic carbocycles. The number of rotatable bonds is 4. The van der Waals surface area contributed by atoms with Gasteiger partial charge in [-0.3, -0.25) is 4.98 Å². The van der Waals surface area contributed by atoms with Crippen molar-refractivity contribution in [3.8, 4) is 0 Å². The lowest BCUT2D eigenvalue weighted by Crippen LogP contribution is -2.38. The first-order valence-corrected chi connectivity index (χ1v) is 7.75. The molecule has 3 nitrogen and oxygen atoms in total. The summed E-state index contributed by atoms with van der Waals surface area (Å²) in [4.78, 5) is 5.09. The number of pyridine rings is 1. The molecule has 0 bridgehead atoms. The van der Waals surface area contributed by atoms with Crippen LogP contribution in [0.4, 0.5) is 0 Å². The molecule has 116 valence electrons. The minimum atomic E-state index is -0.726. The van der Waals surface area contributed by atoms with Crippen LogP contribution in [0, 0.1) is 5.41 Å². The molecule has 1 heterocycles. The molecule has 4 heteroatoms. The van der Waals surface area contributed by atoms with Gasteiger partial charge in [0.15, 0.2) is 0 Å². The average Bonchev–Trinajstić information content (AvgIpc) is 2.52. The Labute approximate surface area is 137 Å². The van der Waals surface area contributed by atoms with Crippen LogP contribution < -0.4 is 5.32 Å². The van der Waals surface area contributed by atoms with E-state index in [4.69, 9.17) is 12.2 Å². The second-order valence-electron chi connectivity index (χ2n) is 6.31. The van der Waals surface area contributed by atoms with Gasteiger partial charge in [-0.2, -0.15) is 0 Å². The number of hydrogen-bond acceptors (Lipinski definition) is 3. The lowest BCUT2D eigenvalue weighted by atomic mass is 9.93. The zero-order chi connectivity index (χ0) is 16.2. The molecule has 1 aromatic heterocycles. The van der Waals surface area contributed by atoms with Crippen molar-refractivity contribution in [2.45, 2.75) is 32.9 Å². The lowest BCUT2D eigenvalue weighted by molar-refractivity contribution is 0.135. The number of nitrogens with zero attached hydrogens (tertiary/aromatic N) is 1. The topological polar surface area (TPSA) is 45.2 Å². The van der Waals surface area contributed by atoms with E-state index in [0.29, 0.717) is 4.99 Å². The zero-order valence-electron chi connectivity index (χ0n) is 13.2. The van der Waals surface area contributed by atoms with Crippen LogP contribution in [0.25, 0.3) is 0 Å². The molecular weight excluding hydrogens is 292 g/mol. The number of nitrogens with one attached hydrogen (secondary N) is 1. The van der Waals surface area contributed by atoms with E-state index in [1.165, 1.54) is 0 Å². The molecule has 0 saturated carbocycles. The van der Waals surface area contributed by atoms with Gasteiger partial charge >= 0.3 is 0 Å². The molecule has 2 aromatic rings. The summed E-state index contributed by atoms with van der Waals surface area (Å²) >= 11 is 5.49. The van der Waals surface area contributed by atoms with Gasteiger partial charge in [0.05, 0.1) is 16.7 Å². The molecule has 0 aliphatic rings. The minimum Gasteiger partial charge on any atom is -0.386 e. The van der Waals surface area contributed by atoms with Crippen LogP contribution in [0.5, 0.6) is 0 Å². The van der Waals surface area contributed by atoms with Crippen molar-refractivity contribution in [3.63, 3.8) is 0 Å². The highest BCUT2D eigenvalue weighted by atomic mass is 32.1. The number of aliphatic hydroxyl groups excluding tert-OH is 1. The fourth-order valence-electron chi connectivity index (χ4n) is 2.07. The van der Waals surface area contributed by atoms with Crippen LogP contribution in [-0.4, -0.2) is 15.1 Å². The maximum absolute atomic E-state index is 10.8. The van der Waals surface area contributed by atoms with E-state index in [1.807, 2.05) is 69.3 Å². The highest BCUT2D eigenvalue weighted by molar-refractivity contribution is 7.80. The number of aliphatic hydroxyl groups is 1. The highest BCUT2D eigenvalue weighted by Gasteiger charge is 2.27. The fraction of sp³-hybridized carbons (Fsp3) is 0.333. The van der Waals surface area contributed by atoms with E-state index in [2.05, 4.69) is 10.3 Å². The molecule has 2 N–H and O–H groups in total. The Morgan fingerprint density at radius 1 is 1.09 bits per heavy atom. The summed E-state index contributed by atoms with van der Waals surface area (Å²) in [7, 11) is 0. The summed E-state index contributed by atoms with van der Waals surface area (Å²) < 4.78 is 0. The Morgan fingerprint density at radius 2 is 1.73 bits per heavy atom. The van der Waals surface area contributed by atoms with E-state index in [0.717, 1.165) is 11.3 Å². The smallest absolute Gasteiger partial charge is 0.105 e. The van der Waals surface area contributed by atoms with E-state index in [-0.39, 0.29) is 11.5 Å². The van der Waals surface area contributed by atoms with Gasteiger partial charge in [-0.05, 0) is 17.7 Å². The summed E-state index contributed by atoms with van der Waals surface area (Å²) in [5.41, 5.74) is 1.44. The van der Waals surface area contributed by atoms with Gasteiger partial charge < -0.3 is 10.4 Å². The summed E-state index contributed by atoms with van der Waals surface area (Å²) in [6.07, 6.45) is 0.999. The van der Waals surface area contributed by atoms with Crippen molar-refractivity contribution < 1.29 is 5.11 Å². The first-order chi connectivity index (χ1) is 10.4. The summed E-state index contributed by atoms with van der Waals surface area (Å²) in [6, 6.07) is 14.9. The Hall–Kier alpha value is -1.78. The van der Waals surface area contributed by atoms with Gasteiger partial charge in [0, 0.05) is 11.6 Å². The van der Waals surface area contributed by atoms with Crippen molar-refractivity contribution >= 4 is 17.2 Å². The predicted molar refractivity (Wildman–Crippen MR) is 93.6 cm³/mol. The number of hydrogen-bond donors (Lipinski definition) is 2. The maximum atomic E-state index is 10.8. The monoisotopic (exact) mass is 314 g/mol. The summed E-state index contributed by atoms with van der Waals surface area (Å²) in [5.74, 6) is 0. The third kappa shape index (κ3) is 4.12. The van der Waals surface area contributed by atoms with Gasteiger partial charge in [0.25, 0.3) is 0 Å².